The van der Waals surface area contributed by atoms with Crippen molar-refractivity contribution in [3.8, 4) is 50.8 Å². The molecule has 0 N–H and O–H groups in total. The first-order valence-corrected chi connectivity index (χ1v) is 25.9. The molecule has 0 amide bonds. The minimum atomic E-state index is -0.349. The maximum Gasteiger partial charge on any atom is 0.220 e. The van der Waals surface area contributed by atoms with Gasteiger partial charge in [0, 0.05) is 63.6 Å². The topological polar surface area (TPSA) is 38.0 Å². The molecule has 0 aliphatic rings. The van der Waals surface area contributed by atoms with Crippen LogP contribution in [-0.4, -0.2) is 9.13 Å². The van der Waals surface area contributed by atoms with Crippen LogP contribution in [0.2, 0.25) is 0 Å². The second-order valence-corrected chi connectivity index (χ2v) is 20.8. The molecular weight excluding hydrogens is 937 g/mol. The molecule has 6 heteroatoms. The molecule has 340 valence electrons. The van der Waals surface area contributed by atoms with E-state index in [2.05, 4.69) is 106 Å². The highest BCUT2D eigenvalue weighted by Crippen LogP contribution is 2.56. The highest BCUT2D eigenvalue weighted by atomic mass is 32.1. The number of thiophene rings is 2. The van der Waals surface area contributed by atoms with E-state index in [-0.39, 0.29) is 64.2 Å². The van der Waals surface area contributed by atoms with Crippen molar-refractivity contribution in [2.24, 2.45) is 0 Å². The maximum absolute atomic E-state index is 12.4. The molecule has 0 bridgehead atoms. The van der Waals surface area contributed by atoms with E-state index in [1.807, 2.05) is 91.0 Å². The third-order valence-electron chi connectivity index (χ3n) is 15.1. The molecule has 0 radical (unpaired) electrons. The molecule has 0 aliphatic carbocycles. The van der Waals surface area contributed by atoms with Crippen LogP contribution in [0.15, 0.2) is 218 Å². The molecule has 74 heavy (non-hydrogen) atoms. The van der Waals surface area contributed by atoms with Gasteiger partial charge in [-0.15, -0.1) is 22.7 Å². The van der Waals surface area contributed by atoms with Gasteiger partial charge < -0.3 is 9.13 Å². The zero-order chi connectivity index (χ0) is 54.0. The van der Waals surface area contributed by atoms with Gasteiger partial charge in [-0.25, -0.2) is 4.85 Å². The molecule has 0 unspecified atom stereocenters. The molecule has 4 heterocycles. The van der Waals surface area contributed by atoms with Crippen LogP contribution in [-0.2, 0) is 0 Å². The van der Waals surface area contributed by atoms with Crippen molar-refractivity contribution in [2.75, 3.05) is 0 Å². The van der Waals surface area contributed by atoms with E-state index in [0.717, 1.165) is 73.3 Å². The van der Waals surface area contributed by atoms with Gasteiger partial charge in [0.05, 0.1) is 63.2 Å². The Morgan fingerprint density at radius 1 is 0.432 bits per heavy atom. The Balaban J connectivity index is 1.23. The standard InChI is InChI=1S/C68H36N4S2/c1-70-61-57(40-20-7-3-8-21-40)53(38-69)62(58(41-22-9-4-10-23-41)65(61)71-54-31-16-28-46-43-24-11-12-25-44(43)47-29-17-32-55(71)60(47)59(46)54)72-63-48(34-36-51-45-26-13-14-33-56(45)73-67(51)63)49-35-37-52-50-30-15-27-42(39-18-5-2-6-19-39)66(50)74-68(52)64(49)72/h2-37H/i16D,17D,28D,29D,31D,32D. The SMILES string of the molecule is [2H]c1c([2H])c2c3ccccc3c3c([2H])c([2H])c([2H])c4c3c2c(c1[2H])n4-c1c([N+]#[C-])c(-c2ccccc2)c(C#N)c(-n2c3c(ccc4c5ccccc5sc43)c3ccc4c5cccc(-c6ccccc6)c5sc4c32)c1-c1ccccc1. The first-order chi connectivity index (χ1) is 39.2. The molecule has 0 spiro atoms. The van der Waals surface area contributed by atoms with Crippen molar-refractivity contribution < 1.29 is 8.22 Å². The van der Waals surface area contributed by atoms with Gasteiger partial charge in [-0.2, -0.15) is 5.26 Å². The van der Waals surface area contributed by atoms with E-state index in [4.69, 9.17) is 0 Å². The van der Waals surface area contributed by atoms with Gasteiger partial charge in [0.15, 0.2) is 0 Å². The number of aromatic nitrogens is 2. The fraction of sp³-hybridized carbons (Fsp3) is 0. The summed E-state index contributed by atoms with van der Waals surface area (Å²) in [6.07, 6.45) is 0. The minimum Gasteiger partial charge on any atom is -0.318 e. The summed E-state index contributed by atoms with van der Waals surface area (Å²) >= 11 is 3.40. The number of fused-ring (bicyclic) bond motifs is 14. The highest BCUT2D eigenvalue weighted by molar-refractivity contribution is 7.27. The van der Waals surface area contributed by atoms with Crippen LogP contribution >= 0.6 is 22.7 Å². The van der Waals surface area contributed by atoms with Gasteiger partial charge in [0.2, 0.25) is 5.69 Å². The van der Waals surface area contributed by atoms with Crippen molar-refractivity contribution in [1.82, 2.24) is 9.13 Å². The third-order valence-corrected chi connectivity index (χ3v) is 17.5. The number of nitrogens with zero attached hydrogens (tertiary/aromatic N) is 4. The molecule has 12 aromatic carbocycles. The van der Waals surface area contributed by atoms with Gasteiger partial charge in [-0.05, 0) is 61.9 Å². The Morgan fingerprint density at radius 2 is 0.932 bits per heavy atom. The van der Waals surface area contributed by atoms with Crippen molar-refractivity contribution in [2.45, 2.75) is 0 Å². The normalized spacial score (nSPS) is 13.2. The molecule has 4 aromatic heterocycles. The summed E-state index contributed by atoms with van der Waals surface area (Å²) in [7, 11) is 0. The zero-order valence-electron chi connectivity index (χ0n) is 44.9. The maximum atomic E-state index is 12.4. The lowest BCUT2D eigenvalue weighted by Crippen LogP contribution is -2.09. The molecule has 0 atom stereocenters. The number of hydrogen-bond donors (Lipinski definition) is 0. The molecular formula is C68H36N4S2. The van der Waals surface area contributed by atoms with Crippen molar-refractivity contribution >= 4 is 134 Å². The van der Waals surface area contributed by atoms with E-state index < -0.39 is 0 Å². The second kappa shape index (κ2) is 15.5. The Hall–Kier alpha value is -9.56. The van der Waals surface area contributed by atoms with Gasteiger partial charge in [-0.1, -0.05) is 200 Å². The van der Waals surface area contributed by atoms with Gasteiger partial charge >= 0.3 is 0 Å². The molecule has 16 rings (SSSR count). The second-order valence-electron chi connectivity index (χ2n) is 18.7. The summed E-state index contributed by atoms with van der Waals surface area (Å²) in [5, 5.41) is 21.2. The third kappa shape index (κ3) is 5.43. The number of rotatable bonds is 5. The van der Waals surface area contributed by atoms with Crippen LogP contribution in [0.25, 0.3) is 155 Å². The van der Waals surface area contributed by atoms with Crippen LogP contribution in [0.4, 0.5) is 5.69 Å². The summed E-state index contributed by atoms with van der Waals surface area (Å²) in [6.45, 7) is 9.50. The van der Waals surface area contributed by atoms with Crippen molar-refractivity contribution in [1.29, 1.82) is 5.26 Å². The average Bonchev–Trinajstić information content (AvgIpc) is 4.45. The molecule has 0 aliphatic heterocycles. The molecule has 4 nitrogen and oxygen atoms in total. The average molecular weight is 979 g/mol. The lowest BCUT2D eigenvalue weighted by molar-refractivity contribution is 1.14. The first kappa shape index (κ1) is 35.5. The van der Waals surface area contributed by atoms with Crippen LogP contribution < -0.4 is 0 Å². The molecule has 0 saturated carbocycles. The molecule has 0 saturated heterocycles. The van der Waals surface area contributed by atoms with E-state index in [1.165, 1.54) is 0 Å². The molecule has 0 fully saturated rings. The van der Waals surface area contributed by atoms with Crippen LogP contribution in [0.3, 0.4) is 0 Å². The van der Waals surface area contributed by atoms with E-state index in [9.17, 15) is 20.1 Å². The predicted octanol–water partition coefficient (Wildman–Crippen LogP) is 19.8. The number of benzene rings is 12. The van der Waals surface area contributed by atoms with Crippen LogP contribution in [0.1, 0.15) is 13.8 Å². The lowest BCUT2D eigenvalue weighted by Gasteiger charge is -2.26. The Bertz CT molecular complexity index is 5410. The van der Waals surface area contributed by atoms with Crippen molar-refractivity contribution in [3.63, 3.8) is 0 Å². The minimum absolute atomic E-state index is 0.0584. The van der Waals surface area contributed by atoms with Gasteiger partial charge in [0.25, 0.3) is 0 Å². The van der Waals surface area contributed by atoms with Crippen molar-refractivity contribution in [3.05, 3.63) is 235 Å². The first-order valence-electron chi connectivity index (χ1n) is 27.3. The fourth-order valence-corrected chi connectivity index (χ4v) is 14.7. The highest BCUT2D eigenvalue weighted by Gasteiger charge is 2.33. The predicted molar refractivity (Wildman–Crippen MR) is 314 cm³/mol. The lowest BCUT2D eigenvalue weighted by atomic mass is 9.88. The Kier molecular flexibility index (Phi) is 7.43. The monoisotopic (exact) mass is 978 g/mol. The summed E-state index contributed by atoms with van der Waals surface area (Å²) in [5.74, 6) is 0. The zero-order valence-corrected chi connectivity index (χ0v) is 40.6. The quantitative estimate of drug-likeness (QED) is 0.125. The Labute approximate surface area is 440 Å². The smallest absolute Gasteiger partial charge is 0.220 e. The van der Waals surface area contributed by atoms with E-state index in [1.54, 1.807) is 27.2 Å². The van der Waals surface area contributed by atoms with Crippen LogP contribution in [0.5, 0.6) is 0 Å². The fourth-order valence-electron chi connectivity index (χ4n) is 12.1. The summed E-state index contributed by atoms with van der Waals surface area (Å²) in [5.41, 5.74) is 7.24. The largest absolute Gasteiger partial charge is 0.318 e. The Morgan fingerprint density at radius 3 is 1.54 bits per heavy atom. The summed E-state index contributed by atoms with van der Waals surface area (Å²) < 4.78 is 66.7. The van der Waals surface area contributed by atoms with Gasteiger partial charge in [-0.3, -0.25) is 0 Å². The van der Waals surface area contributed by atoms with Crippen LogP contribution in [0, 0.1) is 17.9 Å². The van der Waals surface area contributed by atoms with E-state index in [0.29, 0.717) is 60.3 Å². The number of hydrogen-bond acceptors (Lipinski definition) is 3. The summed E-state index contributed by atoms with van der Waals surface area (Å²) in [6, 6.07) is 61.6. The number of nitriles is 1. The van der Waals surface area contributed by atoms with E-state index >= 15 is 0 Å². The summed E-state index contributed by atoms with van der Waals surface area (Å²) in [4.78, 5) is 4.48. The van der Waals surface area contributed by atoms with Gasteiger partial charge in [0.1, 0.15) is 6.07 Å². The molecule has 16 aromatic rings.